The van der Waals surface area contributed by atoms with Gasteiger partial charge < -0.3 is 4.74 Å². The third-order valence-electron chi connectivity index (χ3n) is 5.32. The molecule has 2 nitrogen and oxygen atoms in total. The molecule has 15 heavy (non-hydrogen) atoms. The molecule has 0 N–H and O–H groups in total. The molecule has 0 amide bonds. The Morgan fingerprint density at radius 3 is 3.20 bits per heavy atom. The second-order valence-corrected chi connectivity index (χ2v) is 6.13. The molecule has 2 saturated carbocycles. The first kappa shape index (κ1) is 8.51. The van der Waals surface area contributed by atoms with E-state index in [-0.39, 0.29) is 5.60 Å². The van der Waals surface area contributed by atoms with E-state index in [0.717, 1.165) is 18.8 Å². The van der Waals surface area contributed by atoms with Crippen molar-refractivity contribution in [2.45, 2.75) is 44.3 Å². The summed E-state index contributed by atoms with van der Waals surface area (Å²) in [6, 6.07) is 0. The van der Waals surface area contributed by atoms with E-state index in [0.29, 0.717) is 23.2 Å². The molecule has 5 rings (SSSR count). The highest BCUT2D eigenvalue weighted by Gasteiger charge is 2.67. The van der Waals surface area contributed by atoms with Crippen LogP contribution in [0.2, 0.25) is 0 Å². The van der Waals surface area contributed by atoms with E-state index < -0.39 is 0 Å². The lowest BCUT2D eigenvalue weighted by molar-refractivity contribution is -0.137. The van der Waals surface area contributed by atoms with Crippen LogP contribution in [0.4, 0.5) is 0 Å². The van der Waals surface area contributed by atoms with E-state index in [2.05, 4.69) is 13.0 Å². The normalized spacial score (nSPS) is 60.1. The number of ketones is 1. The Balaban J connectivity index is 1.86. The standard InChI is InChI=1S/C13H16O2/c1-12-7-13-3-2-9(14)5-10(13)11(15-12)4-8(12)6-13/h2-3,8,10-11H,4-7H2,1H3/t8-,10?,11?,12+,13-/m0/s1. The molecule has 2 heterocycles. The van der Waals surface area contributed by atoms with Crippen molar-refractivity contribution in [3.05, 3.63) is 12.2 Å². The maximum atomic E-state index is 11.5. The van der Waals surface area contributed by atoms with E-state index in [1.165, 1.54) is 12.8 Å². The van der Waals surface area contributed by atoms with Crippen molar-refractivity contribution in [2.24, 2.45) is 17.3 Å². The minimum Gasteiger partial charge on any atom is -0.371 e. The van der Waals surface area contributed by atoms with Gasteiger partial charge in [-0.3, -0.25) is 4.79 Å². The molecular weight excluding hydrogens is 188 g/mol. The summed E-state index contributed by atoms with van der Waals surface area (Å²) in [4.78, 5) is 11.5. The van der Waals surface area contributed by atoms with Crippen LogP contribution < -0.4 is 0 Å². The number of carbonyl (C=O) groups excluding carboxylic acids is 1. The van der Waals surface area contributed by atoms with E-state index in [4.69, 9.17) is 4.74 Å². The smallest absolute Gasteiger partial charge is 0.155 e. The van der Waals surface area contributed by atoms with Gasteiger partial charge in [0, 0.05) is 12.3 Å². The highest BCUT2D eigenvalue weighted by atomic mass is 16.5. The van der Waals surface area contributed by atoms with Crippen LogP contribution in [0.25, 0.3) is 0 Å². The number of hydrogen-bond donors (Lipinski definition) is 0. The Labute approximate surface area is 89.7 Å². The lowest BCUT2D eigenvalue weighted by Crippen LogP contribution is -2.46. The summed E-state index contributed by atoms with van der Waals surface area (Å²) >= 11 is 0. The third kappa shape index (κ3) is 0.840. The topological polar surface area (TPSA) is 26.3 Å². The van der Waals surface area contributed by atoms with Crippen molar-refractivity contribution in [3.8, 4) is 0 Å². The predicted molar refractivity (Wildman–Crippen MR) is 55.3 cm³/mol. The zero-order chi connectivity index (χ0) is 10.3. The minimum absolute atomic E-state index is 0.131. The van der Waals surface area contributed by atoms with Gasteiger partial charge in [-0.1, -0.05) is 6.08 Å². The molecule has 3 aliphatic carbocycles. The lowest BCUT2D eigenvalue weighted by atomic mass is 9.62. The summed E-state index contributed by atoms with van der Waals surface area (Å²) in [5, 5.41) is 0. The fourth-order valence-electron chi connectivity index (χ4n) is 4.72. The van der Waals surface area contributed by atoms with Crippen molar-refractivity contribution < 1.29 is 9.53 Å². The summed E-state index contributed by atoms with van der Waals surface area (Å²) in [6.07, 6.45) is 8.75. The zero-order valence-electron chi connectivity index (χ0n) is 9.03. The highest BCUT2D eigenvalue weighted by molar-refractivity contribution is 5.91. The van der Waals surface area contributed by atoms with E-state index in [9.17, 15) is 4.79 Å². The molecule has 0 aromatic heterocycles. The molecule has 5 aliphatic rings. The quantitative estimate of drug-likeness (QED) is 0.604. The summed E-state index contributed by atoms with van der Waals surface area (Å²) in [5.74, 6) is 1.53. The van der Waals surface area contributed by atoms with Crippen LogP contribution in [-0.2, 0) is 9.53 Å². The van der Waals surface area contributed by atoms with Crippen molar-refractivity contribution in [1.82, 2.24) is 0 Å². The minimum atomic E-state index is 0.131. The van der Waals surface area contributed by atoms with Gasteiger partial charge in [0.05, 0.1) is 11.7 Å². The predicted octanol–water partition coefficient (Wildman–Crippen LogP) is 2.09. The van der Waals surface area contributed by atoms with Crippen molar-refractivity contribution >= 4 is 5.78 Å². The molecule has 2 saturated heterocycles. The first-order valence-corrected chi connectivity index (χ1v) is 6.01. The van der Waals surface area contributed by atoms with Crippen molar-refractivity contribution in [1.29, 1.82) is 0 Å². The molecule has 2 heteroatoms. The molecule has 4 fully saturated rings. The monoisotopic (exact) mass is 204 g/mol. The number of rotatable bonds is 0. The number of hydrogen-bond acceptors (Lipinski definition) is 2. The molecule has 0 aromatic carbocycles. The van der Waals surface area contributed by atoms with Gasteiger partial charge in [-0.05, 0) is 43.6 Å². The molecule has 4 bridgehead atoms. The second-order valence-electron chi connectivity index (χ2n) is 6.13. The summed E-state index contributed by atoms with van der Waals surface area (Å²) in [5.41, 5.74) is 0.459. The maximum absolute atomic E-state index is 11.5. The maximum Gasteiger partial charge on any atom is 0.155 e. The van der Waals surface area contributed by atoms with E-state index in [1.54, 1.807) is 0 Å². The van der Waals surface area contributed by atoms with Crippen LogP contribution in [0.15, 0.2) is 12.2 Å². The number of carbonyl (C=O) groups is 1. The fourth-order valence-corrected chi connectivity index (χ4v) is 4.72. The Hall–Kier alpha value is -0.630. The first-order valence-electron chi connectivity index (χ1n) is 6.01. The van der Waals surface area contributed by atoms with E-state index in [1.807, 2.05) is 6.08 Å². The van der Waals surface area contributed by atoms with Gasteiger partial charge in [-0.25, -0.2) is 0 Å². The Bertz CT molecular complexity index is 386. The van der Waals surface area contributed by atoms with Gasteiger partial charge in [0.15, 0.2) is 5.78 Å². The molecule has 0 aromatic rings. The molecule has 80 valence electrons. The summed E-state index contributed by atoms with van der Waals surface area (Å²) in [6.45, 7) is 2.27. The molecular formula is C13H16O2. The molecule has 2 aliphatic heterocycles. The number of allylic oxidation sites excluding steroid dienone is 2. The average molecular weight is 204 g/mol. The lowest BCUT2D eigenvalue weighted by Gasteiger charge is -2.47. The molecule has 2 unspecified atom stereocenters. The van der Waals surface area contributed by atoms with Gasteiger partial charge >= 0.3 is 0 Å². The van der Waals surface area contributed by atoms with Crippen LogP contribution in [-0.4, -0.2) is 17.5 Å². The second kappa shape index (κ2) is 2.22. The van der Waals surface area contributed by atoms with Gasteiger partial charge in [0.1, 0.15) is 0 Å². The van der Waals surface area contributed by atoms with Crippen LogP contribution in [0.5, 0.6) is 0 Å². The van der Waals surface area contributed by atoms with Crippen molar-refractivity contribution in [3.63, 3.8) is 0 Å². The van der Waals surface area contributed by atoms with Crippen molar-refractivity contribution in [2.75, 3.05) is 0 Å². The zero-order valence-corrected chi connectivity index (χ0v) is 9.03. The Morgan fingerprint density at radius 1 is 1.53 bits per heavy atom. The summed E-state index contributed by atoms with van der Waals surface area (Å²) in [7, 11) is 0. The largest absolute Gasteiger partial charge is 0.371 e. The number of ether oxygens (including phenoxy) is 1. The summed E-state index contributed by atoms with van der Waals surface area (Å²) < 4.78 is 6.17. The Morgan fingerprint density at radius 2 is 2.40 bits per heavy atom. The molecule has 5 atom stereocenters. The fraction of sp³-hybridized carbons (Fsp3) is 0.769. The van der Waals surface area contributed by atoms with Crippen LogP contribution in [0.3, 0.4) is 0 Å². The van der Waals surface area contributed by atoms with Crippen LogP contribution >= 0.6 is 0 Å². The third-order valence-corrected chi connectivity index (χ3v) is 5.32. The molecule has 0 radical (unpaired) electrons. The highest BCUT2D eigenvalue weighted by Crippen LogP contribution is 2.68. The first-order chi connectivity index (χ1) is 7.11. The van der Waals surface area contributed by atoms with Crippen LogP contribution in [0, 0.1) is 17.3 Å². The molecule has 1 spiro atoms. The van der Waals surface area contributed by atoms with E-state index >= 15 is 0 Å². The SMILES string of the molecule is C[C@@]12C[C@@]34C=CC(=O)CC3C(C[C@H]1C4)O2. The van der Waals surface area contributed by atoms with Gasteiger partial charge in [0.2, 0.25) is 0 Å². The average Bonchev–Trinajstić information content (AvgIpc) is 2.54. The van der Waals surface area contributed by atoms with Gasteiger partial charge in [0.25, 0.3) is 0 Å². The van der Waals surface area contributed by atoms with Gasteiger partial charge in [-0.2, -0.15) is 0 Å². The van der Waals surface area contributed by atoms with Gasteiger partial charge in [-0.15, -0.1) is 0 Å². The van der Waals surface area contributed by atoms with Crippen LogP contribution in [0.1, 0.15) is 32.6 Å². The Kier molecular flexibility index (Phi) is 1.26.